The molecule has 252 valence electrons. The second kappa shape index (κ2) is 16.4. The van der Waals surface area contributed by atoms with Gasteiger partial charge in [0, 0.05) is 29.1 Å². The monoisotopic (exact) mass is 707 g/mol. The van der Waals surface area contributed by atoms with Crippen LogP contribution in [-0.4, -0.2) is 50.4 Å². The number of carbonyl (C=O) groups excluding carboxylic acids is 2. The minimum atomic E-state index is -4.31. The number of para-hydroxylation sites is 2. The molecular formula is C37H39Cl2N3O5S. The topological polar surface area (TPSA) is 96.0 Å². The molecule has 1 atom stereocenters. The summed E-state index contributed by atoms with van der Waals surface area (Å²) >= 11 is 12.3. The SMILES string of the molecule is CCOc1ccccc1N(CC(=O)N(Cc1ccc(Cl)cc1)C(Cc1ccccc1)C(=O)NC1CCCC1)S(=O)(=O)c1ccc(Cl)cc1. The van der Waals surface area contributed by atoms with Gasteiger partial charge in [0.1, 0.15) is 18.3 Å². The van der Waals surface area contributed by atoms with Gasteiger partial charge in [0.2, 0.25) is 11.8 Å². The van der Waals surface area contributed by atoms with Crippen molar-refractivity contribution in [2.24, 2.45) is 0 Å². The van der Waals surface area contributed by atoms with E-state index in [1.165, 1.54) is 29.2 Å². The Bertz CT molecular complexity index is 1780. The van der Waals surface area contributed by atoms with Crippen molar-refractivity contribution in [2.45, 2.75) is 62.6 Å². The number of rotatable bonds is 14. The number of benzene rings is 4. The largest absolute Gasteiger partial charge is 0.492 e. The molecule has 0 aromatic heterocycles. The van der Waals surface area contributed by atoms with Crippen LogP contribution in [0.15, 0.2) is 108 Å². The zero-order valence-corrected chi connectivity index (χ0v) is 29.1. The molecule has 2 amide bonds. The van der Waals surface area contributed by atoms with E-state index in [-0.39, 0.29) is 42.1 Å². The molecule has 1 aliphatic rings. The summed E-state index contributed by atoms with van der Waals surface area (Å²) in [5, 5.41) is 4.09. The van der Waals surface area contributed by atoms with Crippen LogP contribution in [-0.2, 0) is 32.6 Å². The number of nitrogens with one attached hydrogen (secondary N) is 1. The molecule has 0 spiro atoms. The average molecular weight is 709 g/mol. The number of nitrogens with zero attached hydrogens (tertiary/aromatic N) is 2. The lowest BCUT2D eigenvalue weighted by Gasteiger charge is -2.34. The Morgan fingerprint density at radius 1 is 0.833 bits per heavy atom. The fourth-order valence-corrected chi connectivity index (χ4v) is 7.57. The molecule has 1 N–H and O–H groups in total. The number of ether oxygens (including phenoxy) is 1. The van der Waals surface area contributed by atoms with E-state index >= 15 is 0 Å². The summed E-state index contributed by atoms with van der Waals surface area (Å²) in [6, 6.07) is 28.1. The fraction of sp³-hybridized carbons (Fsp3) is 0.297. The van der Waals surface area contributed by atoms with E-state index in [0.29, 0.717) is 15.8 Å². The molecule has 1 saturated carbocycles. The second-order valence-electron chi connectivity index (χ2n) is 11.7. The fourth-order valence-electron chi connectivity index (χ4n) is 5.90. The molecule has 4 aromatic rings. The number of anilines is 1. The first-order chi connectivity index (χ1) is 23.2. The van der Waals surface area contributed by atoms with Crippen molar-refractivity contribution in [3.63, 3.8) is 0 Å². The van der Waals surface area contributed by atoms with Crippen LogP contribution in [0.25, 0.3) is 0 Å². The van der Waals surface area contributed by atoms with Gasteiger partial charge in [0.15, 0.2) is 0 Å². The molecule has 11 heteroatoms. The van der Waals surface area contributed by atoms with Gasteiger partial charge in [-0.05, 0) is 79.4 Å². The molecule has 0 saturated heterocycles. The maximum Gasteiger partial charge on any atom is 0.264 e. The number of halogens is 2. The summed E-state index contributed by atoms with van der Waals surface area (Å²) in [5.41, 5.74) is 1.80. The van der Waals surface area contributed by atoms with Crippen LogP contribution in [0, 0.1) is 0 Å². The highest BCUT2D eigenvalue weighted by molar-refractivity contribution is 7.92. The van der Waals surface area contributed by atoms with Gasteiger partial charge >= 0.3 is 0 Å². The Balaban J connectivity index is 1.59. The summed E-state index contributed by atoms with van der Waals surface area (Å²) in [6.07, 6.45) is 4.03. The maximum absolute atomic E-state index is 14.7. The van der Waals surface area contributed by atoms with Gasteiger partial charge in [-0.2, -0.15) is 0 Å². The van der Waals surface area contributed by atoms with Crippen molar-refractivity contribution < 1.29 is 22.7 Å². The van der Waals surface area contributed by atoms with Crippen molar-refractivity contribution in [1.29, 1.82) is 0 Å². The van der Waals surface area contributed by atoms with E-state index < -0.39 is 28.5 Å². The van der Waals surface area contributed by atoms with E-state index in [9.17, 15) is 18.0 Å². The minimum Gasteiger partial charge on any atom is -0.492 e. The van der Waals surface area contributed by atoms with E-state index in [1.54, 1.807) is 55.5 Å². The van der Waals surface area contributed by atoms with Crippen LogP contribution < -0.4 is 14.4 Å². The summed E-state index contributed by atoms with van der Waals surface area (Å²) < 4.78 is 35.6. The molecule has 0 heterocycles. The van der Waals surface area contributed by atoms with Crippen molar-refractivity contribution in [3.8, 4) is 5.75 Å². The Morgan fingerprint density at radius 2 is 1.44 bits per heavy atom. The van der Waals surface area contributed by atoms with E-state index in [0.717, 1.165) is 41.1 Å². The van der Waals surface area contributed by atoms with Gasteiger partial charge in [-0.1, -0.05) is 90.6 Å². The van der Waals surface area contributed by atoms with E-state index in [4.69, 9.17) is 27.9 Å². The molecule has 1 fully saturated rings. The molecular weight excluding hydrogens is 669 g/mol. The second-order valence-corrected chi connectivity index (χ2v) is 14.4. The summed E-state index contributed by atoms with van der Waals surface area (Å²) in [4.78, 5) is 30.3. The number of hydrogen-bond acceptors (Lipinski definition) is 5. The zero-order chi connectivity index (χ0) is 34.1. The predicted octanol–water partition coefficient (Wildman–Crippen LogP) is 7.29. The van der Waals surface area contributed by atoms with Crippen LogP contribution in [0.3, 0.4) is 0 Å². The van der Waals surface area contributed by atoms with Crippen LogP contribution >= 0.6 is 23.2 Å². The summed E-state index contributed by atoms with van der Waals surface area (Å²) in [5.74, 6) is -0.541. The zero-order valence-electron chi connectivity index (χ0n) is 26.7. The van der Waals surface area contributed by atoms with E-state index in [1.807, 2.05) is 30.3 Å². The number of hydrogen-bond donors (Lipinski definition) is 1. The molecule has 8 nitrogen and oxygen atoms in total. The van der Waals surface area contributed by atoms with Crippen molar-refractivity contribution in [3.05, 3.63) is 124 Å². The van der Waals surface area contributed by atoms with Gasteiger partial charge < -0.3 is 15.0 Å². The molecule has 0 aliphatic heterocycles. The molecule has 4 aromatic carbocycles. The third-order valence-corrected chi connectivity index (χ3v) is 10.6. The lowest BCUT2D eigenvalue weighted by Crippen LogP contribution is -2.54. The van der Waals surface area contributed by atoms with Crippen LogP contribution in [0.2, 0.25) is 10.0 Å². The number of carbonyl (C=O) groups is 2. The van der Waals surface area contributed by atoms with Crippen LogP contribution in [0.1, 0.15) is 43.7 Å². The Hall–Kier alpha value is -4.05. The first kappa shape index (κ1) is 35.3. The van der Waals surface area contributed by atoms with Crippen molar-refractivity contribution >= 4 is 50.7 Å². The predicted molar refractivity (Wildman–Crippen MR) is 190 cm³/mol. The number of sulfonamides is 1. The van der Waals surface area contributed by atoms with Crippen molar-refractivity contribution in [2.75, 3.05) is 17.5 Å². The van der Waals surface area contributed by atoms with Gasteiger partial charge in [0.05, 0.1) is 17.2 Å². The average Bonchev–Trinajstić information content (AvgIpc) is 3.60. The molecule has 0 bridgehead atoms. The third kappa shape index (κ3) is 8.89. The van der Waals surface area contributed by atoms with Crippen molar-refractivity contribution in [1.82, 2.24) is 10.2 Å². The van der Waals surface area contributed by atoms with Gasteiger partial charge in [-0.15, -0.1) is 0 Å². The molecule has 48 heavy (non-hydrogen) atoms. The van der Waals surface area contributed by atoms with Crippen LogP contribution in [0.4, 0.5) is 5.69 Å². The van der Waals surface area contributed by atoms with Gasteiger partial charge in [-0.3, -0.25) is 13.9 Å². The highest BCUT2D eigenvalue weighted by atomic mass is 35.5. The summed E-state index contributed by atoms with van der Waals surface area (Å²) in [6.45, 7) is 1.53. The minimum absolute atomic E-state index is 0.0168. The molecule has 1 unspecified atom stereocenters. The van der Waals surface area contributed by atoms with Gasteiger partial charge in [0.25, 0.3) is 10.0 Å². The normalized spacial score (nSPS) is 13.9. The standard InChI is InChI=1S/C37H39Cl2N3O5S/c1-2-47-35-15-9-8-14-33(35)42(48(45,46)32-22-20-30(39)21-23-32)26-36(43)41(25-28-16-18-29(38)19-17-28)34(24-27-10-4-3-5-11-27)37(44)40-31-12-6-7-13-31/h3-5,8-11,14-23,31,34H,2,6-7,12-13,24-26H2,1H3,(H,40,44). The third-order valence-electron chi connectivity index (χ3n) is 8.35. The lowest BCUT2D eigenvalue weighted by atomic mass is 10.0. The summed E-state index contributed by atoms with van der Waals surface area (Å²) in [7, 11) is -4.31. The lowest BCUT2D eigenvalue weighted by molar-refractivity contribution is -0.140. The smallest absolute Gasteiger partial charge is 0.264 e. The molecule has 1 aliphatic carbocycles. The number of amides is 2. The maximum atomic E-state index is 14.7. The Morgan fingerprint density at radius 3 is 2.08 bits per heavy atom. The quantitative estimate of drug-likeness (QED) is 0.149. The molecule has 5 rings (SSSR count). The highest BCUT2D eigenvalue weighted by Crippen LogP contribution is 2.33. The first-order valence-electron chi connectivity index (χ1n) is 16.0. The van der Waals surface area contributed by atoms with E-state index in [2.05, 4.69) is 5.32 Å². The van der Waals surface area contributed by atoms with Crippen LogP contribution in [0.5, 0.6) is 5.75 Å². The molecule has 0 radical (unpaired) electrons. The van der Waals surface area contributed by atoms with Gasteiger partial charge in [-0.25, -0.2) is 8.42 Å². The Kier molecular flexibility index (Phi) is 12.0. The first-order valence-corrected chi connectivity index (χ1v) is 18.2. The highest BCUT2D eigenvalue weighted by Gasteiger charge is 2.36. The Labute approximate surface area is 292 Å².